The molecule has 1 fully saturated rings. The van der Waals surface area contributed by atoms with Crippen LogP contribution in [0.5, 0.6) is 0 Å². The third-order valence-corrected chi connectivity index (χ3v) is 7.41. The number of ether oxygens (including phenoxy) is 1. The Hall–Kier alpha value is -1.80. The van der Waals surface area contributed by atoms with E-state index in [-0.39, 0.29) is 16.7 Å². The molecule has 1 aromatic heterocycles. The molecule has 1 aliphatic rings. The van der Waals surface area contributed by atoms with Gasteiger partial charge < -0.3 is 24.0 Å². The lowest BCUT2D eigenvalue weighted by atomic mass is 10.1. The molecule has 2 unspecified atom stereocenters. The fraction of sp³-hybridized carbons (Fsp3) is 0.600. The summed E-state index contributed by atoms with van der Waals surface area (Å²) >= 11 is 0. The largest absolute Gasteiger partial charge is 0.555 e. The van der Waals surface area contributed by atoms with Gasteiger partial charge in [0.2, 0.25) is 0 Å². The first-order chi connectivity index (χ1) is 14.1. The summed E-state index contributed by atoms with van der Waals surface area (Å²) in [5, 5.41) is 3.50. The summed E-state index contributed by atoms with van der Waals surface area (Å²) in [7, 11) is -17.3. The zero-order valence-electron chi connectivity index (χ0n) is 15.6. The lowest BCUT2D eigenvalue weighted by molar-refractivity contribution is 0.00206. The average Bonchev–Trinajstić information content (AvgIpc) is 2.92. The second-order valence-corrected chi connectivity index (χ2v) is 10.4. The molecule has 174 valence electrons. The number of phosphoric acid groups is 3. The number of rotatable bonds is 8. The number of aryl methyl sites for hydroxylation is 1. The molecule has 0 saturated carbocycles. The van der Waals surface area contributed by atoms with Gasteiger partial charge in [-0.05, 0) is 19.4 Å². The first-order valence-electron chi connectivity index (χ1n) is 7.93. The molecule has 2 rings (SSSR count). The van der Waals surface area contributed by atoms with Gasteiger partial charge in [-0.2, -0.15) is 8.62 Å². The smallest absolute Gasteiger partial charge is 0.354 e. The van der Waals surface area contributed by atoms with Crippen LogP contribution in [0.25, 0.3) is 10.4 Å². The van der Waals surface area contributed by atoms with Gasteiger partial charge in [-0.1, -0.05) is 9.84 Å². The minimum atomic E-state index is -5.87. The Morgan fingerprint density at radius 3 is 2.35 bits per heavy atom. The van der Waals surface area contributed by atoms with Gasteiger partial charge >= 0.3 is 29.2 Å². The topological polar surface area (TPSA) is 262 Å². The van der Waals surface area contributed by atoms with Crippen molar-refractivity contribution in [1.29, 1.82) is 0 Å². The van der Waals surface area contributed by atoms with E-state index >= 15 is 0 Å². The highest BCUT2D eigenvalue weighted by Gasteiger charge is 2.43. The summed E-state index contributed by atoms with van der Waals surface area (Å²) in [5.41, 5.74) is 5.72. The average molecular weight is 507 g/mol. The van der Waals surface area contributed by atoms with E-state index in [1.54, 1.807) is 6.92 Å². The van der Waals surface area contributed by atoms with Gasteiger partial charge in [0.15, 0.2) is 0 Å². The molecule has 0 amide bonds. The Morgan fingerprint density at radius 1 is 1.19 bits per heavy atom. The molecule has 2 heterocycles. The maximum atomic E-state index is 12.6. The SMILES string of the molecule is Cc1cn([C@H]2C[C@H](N=[N+]=[N-])[C@@H](C)O2)c(=O)n(OP(=O)(O)OP(=O)(O)OP(=O)(O)O)c1=O. The van der Waals surface area contributed by atoms with Gasteiger partial charge in [0.25, 0.3) is 5.56 Å². The number of hydrogen-bond donors (Lipinski definition) is 4. The molecule has 1 aliphatic heterocycles. The molecular weight excluding hydrogens is 491 g/mol. The summed E-state index contributed by atoms with van der Waals surface area (Å²) in [6, 6.07) is -0.666. The van der Waals surface area contributed by atoms with Crippen molar-refractivity contribution in [2.75, 3.05) is 0 Å². The number of azide groups is 1. The Bertz CT molecular complexity index is 1170. The third-order valence-electron chi connectivity index (χ3n) is 3.72. The predicted octanol–water partition coefficient (Wildman–Crippen LogP) is 0.0600. The first kappa shape index (κ1) is 25.5. The lowest BCUT2D eigenvalue weighted by Crippen LogP contribution is -2.44. The maximum Gasteiger partial charge on any atom is 0.555 e. The van der Waals surface area contributed by atoms with Gasteiger partial charge in [-0.25, -0.2) is 18.5 Å². The molecular formula is C10H16N5O13P3. The molecule has 0 aromatic carbocycles. The molecule has 1 saturated heterocycles. The molecule has 0 bridgehead atoms. The van der Waals surface area contributed by atoms with E-state index in [1.165, 1.54) is 6.92 Å². The van der Waals surface area contributed by atoms with Gasteiger partial charge in [0, 0.05) is 23.1 Å². The van der Waals surface area contributed by atoms with Crippen LogP contribution in [0.2, 0.25) is 0 Å². The fourth-order valence-electron chi connectivity index (χ4n) is 2.53. The highest BCUT2D eigenvalue weighted by Crippen LogP contribution is 2.65. The van der Waals surface area contributed by atoms with Crippen LogP contribution in [-0.2, 0) is 27.1 Å². The molecule has 1 aromatic rings. The second-order valence-electron chi connectivity index (χ2n) is 6.08. The summed E-state index contributed by atoms with van der Waals surface area (Å²) in [4.78, 5) is 63.3. The van der Waals surface area contributed by atoms with Crippen molar-refractivity contribution in [3.05, 3.63) is 43.0 Å². The van der Waals surface area contributed by atoms with Gasteiger partial charge in [0.1, 0.15) is 6.23 Å². The van der Waals surface area contributed by atoms with Crippen molar-refractivity contribution >= 4 is 23.5 Å². The van der Waals surface area contributed by atoms with Crippen LogP contribution < -0.4 is 15.9 Å². The van der Waals surface area contributed by atoms with Crippen LogP contribution in [0, 0.1) is 6.92 Å². The molecule has 4 N–H and O–H groups in total. The van der Waals surface area contributed by atoms with Crippen molar-refractivity contribution in [3.8, 4) is 0 Å². The van der Waals surface area contributed by atoms with Crippen LogP contribution >= 0.6 is 23.5 Å². The highest BCUT2D eigenvalue weighted by molar-refractivity contribution is 7.66. The molecule has 31 heavy (non-hydrogen) atoms. The first-order valence-corrected chi connectivity index (χ1v) is 12.5. The summed E-state index contributed by atoms with van der Waals surface area (Å²) < 4.78 is 51.3. The number of nitrogens with zero attached hydrogens (tertiary/aromatic N) is 5. The zero-order chi connectivity index (χ0) is 23.8. The van der Waals surface area contributed by atoms with Gasteiger partial charge in [-0.15, -0.1) is 0 Å². The maximum absolute atomic E-state index is 12.6. The molecule has 18 nitrogen and oxygen atoms in total. The van der Waals surface area contributed by atoms with Crippen molar-refractivity contribution < 1.29 is 51.3 Å². The molecule has 5 atom stereocenters. The number of aromatic nitrogens is 2. The van der Waals surface area contributed by atoms with Crippen molar-refractivity contribution in [2.45, 2.75) is 38.6 Å². The van der Waals surface area contributed by atoms with Gasteiger partial charge in [0.05, 0.1) is 12.1 Å². The van der Waals surface area contributed by atoms with E-state index < -0.39 is 53.1 Å². The van der Waals surface area contributed by atoms with Crippen LogP contribution in [0.4, 0.5) is 0 Å². The molecule has 0 spiro atoms. The minimum absolute atomic E-state index is 0.00195. The lowest BCUT2D eigenvalue weighted by Gasteiger charge is -2.19. The molecule has 0 radical (unpaired) electrons. The van der Waals surface area contributed by atoms with E-state index in [9.17, 15) is 28.2 Å². The fourth-order valence-corrected chi connectivity index (χ4v) is 5.50. The number of hydrogen-bond acceptors (Lipinski definition) is 10. The Kier molecular flexibility index (Phi) is 7.38. The van der Waals surface area contributed by atoms with Crippen molar-refractivity contribution in [2.24, 2.45) is 5.11 Å². The van der Waals surface area contributed by atoms with E-state index in [4.69, 9.17) is 24.9 Å². The Labute approximate surface area is 171 Å². The van der Waals surface area contributed by atoms with E-state index in [0.717, 1.165) is 10.8 Å². The third kappa shape index (κ3) is 6.59. The second kappa shape index (κ2) is 8.98. The summed E-state index contributed by atoms with van der Waals surface area (Å²) in [5.74, 6) is 0. The normalized spacial score (nSPS) is 25.3. The molecule has 21 heteroatoms. The highest BCUT2D eigenvalue weighted by atomic mass is 31.3. The summed E-state index contributed by atoms with van der Waals surface area (Å²) in [6.45, 7) is 2.75. The Morgan fingerprint density at radius 2 is 1.81 bits per heavy atom. The summed E-state index contributed by atoms with van der Waals surface area (Å²) in [6.07, 6.45) is -0.657. The van der Waals surface area contributed by atoms with E-state index in [2.05, 4.69) is 23.3 Å². The van der Waals surface area contributed by atoms with Gasteiger partial charge in [-0.3, -0.25) is 14.3 Å². The van der Waals surface area contributed by atoms with Crippen LogP contribution in [0.3, 0.4) is 0 Å². The quantitative estimate of drug-likeness (QED) is 0.157. The van der Waals surface area contributed by atoms with Crippen LogP contribution in [-0.4, -0.2) is 41.0 Å². The van der Waals surface area contributed by atoms with Crippen molar-refractivity contribution in [1.82, 2.24) is 9.30 Å². The van der Waals surface area contributed by atoms with Crippen LogP contribution in [0.1, 0.15) is 25.1 Å². The Balaban J connectivity index is 2.40. The zero-order valence-corrected chi connectivity index (χ0v) is 18.2. The van der Waals surface area contributed by atoms with Crippen LogP contribution in [0.15, 0.2) is 20.9 Å². The standard InChI is InChI=1S/C10H16N5O13P3/c1-5-4-14(8-3-7(12-13-11)6(2)25-8)10(17)15(9(5)16)26-30(21,22)28-31(23,24)27-29(18,19)20/h4,6-8H,3H2,1-2H3,(H,21,22)(H,23,24)(H2,18,19,20)/t6-,7+,8-/m1/s1. The minimum Gasteiger partial charge on any atom is -0.354 e. The monoisotopic (exact) mass is 507 g/mol. The van der Waals surface area contributed by atoms with Crippen molar-refractivity contribution in [3.63, 3.8) is 0 Å². The molecule has 0 aliphatic carbocycles. The van der Waals surface area contributed by atoms with E-state index in [1.807, 2.05) is 0 Å². The predicted molar refractivity (Wildman–Crippen MR) is 97.3 cm³/mol. The van der Waals surface area contributed by atoms with E-state index in [0.29, 0.717) is 0 Å².